The summed E-state index contributed by atoms with van der Waals surface area (Å²) in [5.74, 6) is 0. The number of aromatic nitrogens is 2. The molecule has 2 aromatic rings. The average Bonchev–Trinajstić information content (AvgIpc) is 3.35. The number of aryl methyl sites for hydroxylation is 1. The van der Waals surface area contributed by atoms with Gasteiger partial charge in [0.15, 0.2) is 5.11 Å². The highest BCUT2D eigenvalue weighted by atomic mass is 32.1. The summed E-state index contributed by atoms with van der Waals surface area (Å²) in [5.41, 5.74) is 5.16. The lowest BCUT2D eigenvalue weighted by Crippen LogP contribution is -2.35. The smallest absolute Gasteiger partial charge is 0.170 e. The zero-order valence-electron chi connectivity index (χ0n) is 16.6. The third kappa shape index (κ3) is 3.48. The Hall–Kier alpha value is -1.92. The van der Waals surface area contributed by atoms with E-state index in [1.165, 1.54) is 29.8 Å². The number of hydrogen-bond donors (Lipinski definition) is 1. The number of thiocarbonyl (C=S) groups is 1. The van der Waals surface area contributed by atoms with E-state index in [2.05, 4.69) is 70.8 Å². The molecule has 4 rings (SSSR count). The van der Waals surface area contributed by atoms with Crippen LogP contribution in [0.3, 0.4) is 0 Å². The molecule has 0 radical (unpaired) electrons. The summed E-state index contributed by atoms with van der Waals surface area (Å²) in [6, 6.07) is 9.42. The Balaban J connectivity index is 1.75. The molecule has 0 amide bonds. The summed E-state index contributed by atoms with van der Waals surface area (Å²) >= 11 is 5.76. The van der Waals surface area contributed by atoms with Crippen molar-refractivity contribution in [2.45, 2.75) is 44.8 Å². The molecule has 3 heterocycles. The topological polar surface area (TPSA) is 36.3 Å². The van der Waals surface area contributed by atoms with E-state index in [9.17, 15) is 0 Å². The Kier molecular flexibility index (Phi) is 4.95. The van der Waals surface area contributed by atoms with Crippen molar-refractivity contribution >= 4 is 17.3 Å². The molecule has 6 heteroatoms. The van der Waals surface area contributed by atoms with Crippen LogP contribution >= 0.6 is 12.2 Å². The van der Waals surface area contributed by atoms with Gasteiger partial charge in [-0.15, -0.1) is 0 Å². The predicted molar refractivity (Wildman–Crippen MR) is 113 cm³/mol. The van der Waals surface area contributed by atoms with Crippen molar-refractivity contribution in [1.29, 1.82) is 0 Å². The fourth-order valence-electron chi connectivity index (χ4n) is 4.29. The maximum Gasteiger partial charge on any atom is 0.170 e. The predicted octanol–water partition coefficient (Wildman–Crippen LogP) is 3.37. The van der Waals surface area contributed by atoms with E-state index >= 15 is 0 Å². The highest BCUT2D eigenvalue weighted by Crippen LogP contribution is 2.44. The van der Waals surface area contributed by atoms with Gasteiger partial charge in [-0.05, 0) is 76.8 Å². The van der Waals surface area contributed by atoms with Gasteiger partial charge in [0, 0.05) is 36.7 Å². The standard InChI is InChI=1S/C21H29N5S/c1-14-13-17(15(2)26(14)16-8-9-16)20-19(18-7-5-6-10-22-18)23-21(27)25(20)12-11-24(3)4/h5-7,10,13,16,19-20H,8-9,11-12H2,1-4H3,(H,23,27)/t19-,20-/m1/s1. The monoisotopic (exact) mass is 383 g/mol. The van der Waals surface area contributed by atoms with Gasteiger partial charge in [0.2, 0.25) is 0 Å². The van der Waals surface area contributed by atoms with Crippen LogP contribution in [0.2, 0.25) is 0 Å². The molecule has 0 bridgehead atoms. The van der Waals surface area contributed by atoms with Crippen LogP contribution in [0.1, 0.15) is 53.6 Å². The molecule has 1 N–H and O–H groups in total. The van der Waals surface area contributed by atoms with Crippen molar-refractivity contribution in [2.75, 3.05) is 27.2 Å². The first-order valence-corrected chi connectivity index (χ1v) is 10.2. The molecule has 1 aliphatic heterocycles. The number of rotatable bonds is 6. The van der Waals surface area contributed by atoms with Crippen LogP contribution in [-0.4, -0.2) is 51.6 Å². The van der Waals surface area contributed by atoms with Gasteiger partial charge >= 0.3 is 0 Å². The van der Waals surface area contributed by atoms with Crippen LogP contribution in [-0.2, 0) is 0 Å². The van der Waals surface area contributed by atoms with E-state index in [1.54, 1.807) is 0 Å². The summed E-state index contributed by atoms with van der Waals surface area (Å²) < 4.78 is 2.52. The highest BCUT2D eigenvalue weighted by Gasteiger charge is 2.41. The number of likely N-dealkylation sites (N-methyl/N-ethyl adjacent to an activating group) is 1. The van der Waals surface area contributed by atoms with E-state index < -0.39 is 0 Å². The minimum Gasteiger partial charge on any atom is -0.352 e. The Labute approximate surface area is 167 Å². The van der Waals surface area contributed by atoms with E-state index in [0.29, 0.717) is 6.04 Å². The lowest BCUT2D eigenvalue weighted by Gasteiger charge is -2.29. The van der Waals surface area contributed by atoms with E-state index in [0.717, 1.165) is 23.9 Å². The second kappa shape index (κ2) is 7.24. The molecule has 0 aromatic carbocycles. The zero-order chi connectivity index (χ0) is 19.1. The Morgan fingerprint density at radius 1 is 1.26 bits per heavy atom. The molecule has 2 atom stereocenters. The molecule has 144 valence electrons. The van der Waals surface area contributed by atoms with Gasteiger partial charge in [-0.3, -0.25) is 4.98 Å². The molecule has 1 saturated carbocycles. The zero-order valence-corrected chi connectivity index (χ0v) is 17.5. The summed E-state index contributed by atoms with van der Waals surface area (Å²) in [7, 11) is 4.22. The van der Waals surface area contributed by atoms with Crippen LogP contribution in [0.15, 0.2) is 30.5 Å². The van der Waals surface area contributed by atoms with Crippen LogP contribution in [0.5, 0.6) is 0 Å². The normalized spacial score (nSPS) is 22.6. The summed E-state index contributed by atoms with van der Waals surface area (Å²) in [5, 5.41) is 4.39. The average molecular weight is 384 g/mol. The second-order valence-corrected chi connectivity index (χ2v) is 8.44. The first-order valence-electron chi connectivity index (χ1n) is 9.78. The first kappa shape index (κ1) is 18.4. The van der Waals surface area contributed by atoms with Crippen LogP contribution in [0.25, 0.3) is 0 Å². The van der Waals surface area contributed by atoms with Gasteiger partial charge in [0.1, 0.15) is 0 Å². The second-order valence-electron chi connectivity index (χ2n) is 8.05. The Bertz CT molecular complexity index is 825. The van der Waals surface area contributed by atoms with Gasteiger partial charge in [0.05, 0.1) is 17.8 Å². The van der Waals surface area contributed by atoms with Crippen molar-refractivity contribution in [2.24, 2.45) is 0 Å². The van der Waals surface area contributed by atoms with Crippen molar-refractivity contribution in [3.8, 4) is 0 Å². The fraction of sp³-hybridized carbons (Fsp3) is 0.524. The maximum atomic E-state index is 5.76. The third-order valence-electron chi connectivity index (χ3n) is 5.74. The molecule has 2 fully saturated rings. The number of hydrogen-bond acceptors (Lipinski definition) is 3. The van der Waals surface area contributed by atoms with Crippen molar-refractivity contribution in [3.63, 3.8) is 0 Å². The van der Waals surface area contributed by atoms with Gasteiger partial charge in [0.25, 0.3) is 0 Å². The summed E-state index contributed by atoms with van der Waals surface area (Å²) in [6.45, 7) is 6.37. The van der Waals surface area contributed by atoms with Gasteiger partial charge < -0.3 is 19.7 Å². The van der Waals surface area contributed by atoms with E-state index in [4.69, 9.17) is 12.2 Å². The summed E-state index contributed by atoms with van der Waals surface area (Å²) in [4.78, 5) is 9.21. The number of nitrogens with one attached hydrogen (secondary N) is 1. The molecule has 1 saturated heterocycles. The maximum absolute atomic E-state index is 5.76. The quantitative estimate of drug-likeness (QED) is 0.774. The van der Waals surface area contributed by atoms with Crippen molar-refractivity contribution < 1.29 is 0 Å². The van der Waals surface area contributed by atoms with E-state index in [1.807, 2.05) is 12.3 Å². The molecule has 5 nitrogen and oxygen atoms in total. The van der Waals surface area contributed by atoms with Crippen LogP contribution < -0.4 is 5.32 Å². The minimum absolute atomic E-state index is 0.0778. The van der Waals surface area contributed by atoms with Gasteiger partial charge in [-0.25, -0.2) is 0 Å². The third-order valence-corrected chi connectivity index (χ3v) is 6.09. The Morgan fingerprint density at radius 2 is 2.04 bits per heavy atom. The fourth-order valence-corrected chi connectivity index (χ4v) is 4.62. The first-order chi connectivity index (χ1) is 13.0. The highest BCUT2D eigenvalue weighted by molar-refractivity contribution is 7.80. The molecule has 2 aromatic heterocycles. The molecule has 27 heavy (non-hydrogen) atoms. The van der Waals surface area contributed by atoms with Gasteiger partial charge in [-0.2, -0.15) is 0 Å². The number of pyridine rings is 1. The molecule has 2 aliphatic rings. The SMILES string of the molecule is Cc1cc([C@@H]2[C@@H](c3ccccn3)NC(=S)N2CCN(C)C)c(C)n1C1CC1. The lowest BCUT2D eigenvalue weighted by molar-refractivity contribution is 0.277. The largest absolute Gasteiger partial charge is 0.352 e. The molecular weight excluding hydrogens is 354 g/mol. The van der Waals surface area contributed by atoms with Crippen LogP contribution in [0, 0.1) is 13.8 Å². The molecule has 0 spiro atoms. The van der Waals surface area contributed by atoms with Gasteiger partial charge in [-0.1, -0.05) is 6.07 Å². The van der Waals surface area contributed by atoms with E-state index in [-0.39, 0.29) is 12.1 Å². The number of nitrogens with zero attached hydrogens (tertiary/aromatic N) is 4. The lowest BCUT2D eigenvalue weighted by atomic mass is 9.97. The molecule has 1 aliphatic carbocycles. The van der Waals surface area contributed by atoms with Crippen LogP contribution in [0.4, 0.5) is 0 Å². The van der Waals surface area contributed by atoms with Crippen molar-refractivity contribution in [3.05, 3.63) is 53.1 Å². The minimum atomic E-state index is 0.0778. The molecular formula is C21H29N5S. The van der Waals surface area contributed by atoms with Crippen molar-refractivity contribution in [1.82, 2.24) is 24.7 Å². The Morgan fingerprint density at radius 3 is 2.67 bits per heavy atom. The summed E-state index contributed by atoms with van der Waals surface area (Å²) in [6.07, 6.45) is 4.46. The molecule has 0 unspecified atom stereocenters.